The quantitative estimate of drug-likeness (QED) is 0.358. The number of nitrogens with one attached hydrogen (secondary N) is 2. The largest absolute Gasteiger partial charge is 0.492 e. The molecule has 0 spiro atoms. The summed E-state index contributed by atoms with van der Waals surface area (Å²) in [5, 5.41) is 5.24. The highest BCUT2D eigenvalue weighted by Gasteiger charge is 2.58. The zero-order valence-electron chi connectivity index (χ0n) is 22.2. The van der Waals surface area contributed by atoms with Crippen molar-refractivity contribution in [3.63, 3.8) is 0 Å². The molecule has 2 aromatic rings. The summed E-state index contributed by atoms with van der Waals surface area (Å²) in [5.41, 5.74) is -0.778. The summed E-state index contributed by atoms with van der Waals surface area (Å²) in [7, 11) is 0. The van der Waals surface area contributed by atoms with E-state index < -0.39 is 35.3 Å². The van der Waals surface area contributed by atoms with Crippen molar-refractivity contribution in [2.75, 3.05) is 32.8 Å². The first-order chi connectivity index (χ1) is 19.1. The first-order valence-electron chi connectivity index (χ1n) is 13.9. The fourth-order valence-electron chi connectivity index (χ4n) is 5.76. The van der Waals surface area contributed by atoms with E-state index in [0.717, 1.165) is 19.3 Å². The van der Waals surface area contributed by atoms with Gasteiger partial charge in [0, 0.05) is 12.1 Å². The molecule has 40 heavy (non-hydrogen) atoms. The smallest absolute Gasteiger partial charge is 0.395 e. The lowest BCUT2D eigenvalue weighted by Crippen LogP contribution is -2.53. The molecule has 2 saturated heterocycles. The fraction of sp³-hybridized carbons (Fsp3) is 0.552. The highest BCUT2D eigenvalue weighted by atomic mass is 19.4. The van der Waals surface area contributed by atoms with Crippen molar-refractivity contribution in [1.29, 1.82) is 0 Å². The van der Waals surface area contributed by atoms with Crippen molar-refractivity contribution < 1.29 is 31.9 Å². The average Bonchev–Trinajstić information content (AvgIpc) is 3.45. The Morgan fingerprint density at radius 1 is 1.10 bits per heavy atom. The second-order valence-electron chi connectivity index (χ2n) is 11.2. The van der Waals surface area contributed by atoms with Crippen LogP contribution in [0.4, 0.5) is 17.6 Å². The number of rotatable bonds is 8. The van der Waals surface area contributed by atoms with E-state index in [4.69, 9.17) is 4.74 Å². The van der Waals surface area contributed by atoms with E-state index in [2.05, 4.69) is 15.6 Å². The number of ether oxygens (including phenoxy) is 1. The fourth-order valence-corrected chi connectivity index (χ4v) is 5.76. The molecule has 2 amide bonds. The molecular weight excluding hydrogens is 528 g/mol. The van der Waals surface area contributed by atoms with Crippen LogP contribution < -0.4 is 15.4 Å². The molecule has 5 rings (SSSR count). The summed E-state index contributed by atoms with van der Waals surface area (Å²) >= 11 is 0. The van der Waals surface area contributed by atoms with E-state index in [9.17, 15) is 27.2 Å². The van der Waals surface area contributed by atoms with Crippen LogP contribution in [0.25, 0.3) is 11.3 Å². The lowest BCUT2D eigenvalue weighted by Gasteiger charge is -2.47. The Kier molecular flexibility index (Phi) is 8.42. The minimum atomic E-state index is -4.14. The predicted molar refractivity (Wildman–Crippen MR) is 140 cm³/mol. The molecule has 3 aliphatic rings. The molecule has 7 nitrogen and oxygen atoms in total. The summed E-state index contributed by atoms with van der Waals surface area (Å²) in [6, 6.07) is 7.08. The number of amides is 2. The lowest BCUT2D eigenvalue weighted by molar-refractivity contribution is -0.256. The minimum absolute atomic E-state index is 0.0950. The number of aromatic nitrogens is 1. The molecule has 11 heteroatoms. The van der Waals surface area contributed by atoms with Gasteiger partial charge in [-0.15, -0.1) is 0 Å². The predicted octanol–water partition coefficient (Wildman–Crippen LogP) is 4.72. The van der Waals surface area contributed by atoms with Gasteiger partial charge in [-0.25, -0.2) is 4.39 Å². The molecule has 2 aliphatic heterocycles. The number of halogens is 4. The van der Waals surface area contributed by atoms with Gasteiger partial charge in [0.25, 0.3) is 5.91 Å². The molecule has 1 aromatic heterocycles. The first kappa shape index (κ1) is 28.5. The topological polar surface area (TPSA) is 83.6 Å². The number of carbonyl (C=O) groups is 2. The van der Waals surface area contributed by atoms with Crippen LogP contribution in [0.3, 0.4) is 0 Å². The molecule has 3 fully saturated rings. The number of nitrogens with zero attached hydrogens (tertiary/aromatic N) is 2. The van der Waals surface area contributed by atoms with Crippen molar-refractivity contribution >= 4 is 11.8 Å². The molecule has 0 radical (unpaired) electrons. The Morgan fingerprint density at radius 3 is 2.45 bits per heavy atom. The molecule has 0 bridgehead atoms. The third-order valence-electron chi connectivity index (χ3n) is 8.49. The van der Waals surface area contributed by atoms with E-state index in [1.165, 1.54) is 12.1 Å². The van der Waals surface area contributed by atoms with Gasteiger partial charge in [-0.2, -0.15) is 13.2 Å². The van der Waals surface area contributed by atoms with Crippen LogP contribution in [-0.2, 0) is 4.79 Å². The van der Waals surface area contributed by atoms with Gasteiger partial charge in [-0.3, -0.25) is 19.9 Å². The number of pyridine rings is 1. The Balaban J connectivity index is 1.09. The minimum Gasteiger partial charge on any atom is -0.492 e. The van der Waals surface area contributed by atoms with Crippen LogP contribution in [0, 0.1) is 17.2 Å². The van der Waals surface area contributed by atoms with Crippen molar-refractivity contribution in [2.45, 2.75) is 57.2 Å². The third-order valence-corrected chi connectivity index (χ3v) is 8.49. The normalized spacial score (nSPS) is 21.6. The SMILES string of the molecule is O=C(NC(=O)[C@@H]1CCCN1)c1ccc(-c2ccc(OCC3CCN(CC4(C(F)(F)F)CCC4)CC3)cn2)cc1F. The van der Waals surface area contributed by atoms with E-state index in [1.54, 1.807) is 24.4 Å². The van der Waals surface area contributed by atoms with Crippen LogP contribution in [-0.4, -0.2) is 66.7 Å². The highest BCUT2D eigenvalue weighted by molar-refractivity contribution is 6.06. The first-order valence-corrected chi connectivity index (χ1v) is 13.9. The van der Waals surface area contributed by atoms with Gasteiger partial charge in [0.05, 0.1) is 35.5 Å². The second-order valence-corrected chi connectivity index (χ2v) is 11.2. The number of hydrogen-bond donors (Lipinski definition) is 2. The summed E-state index contributed by atoms with van der Waals surface area (Å²) in [4.78, 5) is 30.8. The Labute approximate surface area is 230 Å². The maximum absolute atomic E-state index is 14.7. The van der Waals surface area contributed by atoms with E-state index in [-0.39, 0.29) is 30.9 Å². The summed E-state index contributed by atoms with van der Waals surface area (Å²) < 4.78 is 61.1. The van der Waals surface area contributed by atoms with E-state index in [1.807, 2.05) is 4.90 Å². The van der Waals surface area contributed by atoms with Gasteiger partial charge in [0.15, 0.2) is 0 Å². The van der Waals surface area contributed by atoms with Gasteiger partial charge >= 0.3 is 6.18 Å². The zero-order valence-corrected chi connectivity index (χ0v) is 22.2. The maximum atomic E-state index is 14.7. The number of imide groups is 1. The lowest BCUT2D eigenvalue weighted by atomic mass is 9.67. The van der Waals surface area contributed by atoms with Crippen LogP contribution in [0.15, 0.2) is 36.5 Å². The van der Waals surface area contributed by atoms with Gasteiger partial charge < -0.3 is 15.0 Å². The van der Waals surface area contributed by atoms with Crippen LogP contribution in [0.2, 0.25) is 0 Å². The molecule has 1 atom stereocenters. The summed E-state index contributed by atoms with van der Waals surface area (Å²) in [6.07, 6.45) is 1.55. The zero-order chi connectivity index (χ0) is 28.3. The van der Waals surface area contributed by atoms with Crippen LogP contribution in [0.5, 0.6) is 5.75 Å². The monoisotopic (exact) mass is 562 g/mol. The number of benzene rings is 1. The number of carbonyl (C=O) groups excluding carboxylic acids is 2. The second kappa shape index (κ2) is 11.8. The number of alkyl halides is 3. The molecule has 2 N–H and O–H groups in total. The molecule has 3 heterocycles. The molecule has 216 valence electrons. The molecular formula is C29H34F4N4O3. The number of likely N-dealkylation sites (tertiary alicyclic amines) is 1. The molecule has 0 unspecified atom stereocenters. The van der Waals surface area contributed by atoms with Gasteiger partial charge in [-0.05, 0) is 88.3 Å². The maximum Gasteiger partial charge on any atom is 0.395 e. The molecule has 1 aromatic carbocycles. The Bertz CT molecular complexity index is 1200. The number of piperidine rings is 1. The Morgan fingerprint density at radius 2 is 1.88 bits per heavy atom. The van der Waals surface area contributed by atoms with E-state index >= 15 is 0 Å². The van der Waals surface area contributed by atoms with Crippen molar-refractivity contribution in [1.82, 2.24) is 20.5 Å². The van der Waals surface area contributed by atoms with E-state index in [0.29, 0.717) is 56.1 Å². The third kappa shape index (κ3) is 6.30. The Hall–Kier alpha value is -3.05. The van der Waals surface area contributed by atoms with Gasteiger partial charge in [0.1, 0.15) is 11.6 Å². The van der Waals surface area contributed by atoms with Crippen molar-refractivity contribution in [3.8, 4) is 17.0 Å². The van der Waals surface area contributed by atoms with Gasteiger partial charge in [0.2, 0.25) is 5.91 Å². The van der Waals surface area contributed by atoms with Crippen LogP contribution in [0.1, 0.15) is 55.3 Å². The molecule has 1 saturated carbocycles. The highest BCUT2D eigenvalue weighted by Crippen LogP contribution is 2.53. The summed E-state index contributed by atoms with van der Waals surface area (Å²) in [5.74, 6) is -1.20. The van der Waals surface area contributed by atoms with Crippen molar-refractivity contribution in [3.05, 3.63) is 47.9 Å². The van der Waals surface area contributed by atoms with Crippen molar-refractivity contribution in [2.24, 2.45) is 11.3 Å². The average molecular weight is 563 g/mol. The number of hydrogen-bond acceptors (Lipinski definition) is 6. The van der Waals surface area contributed by atoms with Crippen LogP contribution >= 0.6 is 0 Å². The van der Waals surface area contributed by atoms with Gasteiger partial charge in [-0.1, -0.05) is 12.5 Å². The molecule has 1 aliphatic carbocycles. The summed E-state index contributed by atoms with van der Waals surface area (Å²) in [6.45, 7) is 2.52. The standard InChI is InChI=1S/C29H34F4N4O3/c30-23-15-20(4-6-22(23)26(38)36-27(39)25-3-1-12-34-25)24-7-5-21(16-35-24)40-17-19-8-13-37(14-9-19)18-28(10-2-11-28)29(31,32)33/h4-7,15-16,19,25,34H,1-3,8-14,17-18H2,(H,36,38,39)/t25-/m0/s1.